The Morgan fingerprint density at radius 3 is 2.53 bits per heavy atom. The average molecular weight is 552 g/mol. The Hall–Kier alpha value is -2.59. The van der Waals surface area contributed by atoms with Gasteiger partial charge in [0.1, 0.15) is 28.9 Å². The topological polar surface area (TPSA) is 93.1 Å². The van der Waals surface area contributed by atoms with Crippen molar-refractivity contribution in [2.45, 2.75) is 75.9 Å². The highest BCUT2D eigenvalue weighted by Crippen LogP contribution is 2.67. The normalized spacial score (nSPS) is 32.5. The van der Waals surface area contributed by atoms with E-state index in [1.165, 1.54) is 18.1 Å². The third-order valence-corrected chi connectivity index (χ3v) is 13.2. The number of hydrogen-bond acceptors (Lipinski definition) is 7. The van der Waals surface area contributed by atoms with Crippen LogP contribution in [0, 0.1) is 23.2 Å². The number of carbonyl (C=O) groups excluding carboxylic acids is 1. The Balaban J connectivity index is 1.64. The van der Waals surface area contributed by atoms with Crippen molar-refractivity contribution in [2.75, 3.05) is 18.6 Å². The summed E-state index contributed by atoms with van der Waals surface area (Å²) in [5, 5.41) is 9.08. The number of benzene rings is 1. The molecular formula is C26H32F3N3O5Si. The summed E-state index contributed by atoms with van der Waals surface area (Å²) in [6.07, 6.45) is -5.21. The van der Waals surface area contributed by atoms with Gasteiger partial charge in [0.15, 0.2) is 0 Å². The van der Waals surface area contributed by atoms with Crippen molar-refractivity contribution in [1.29, 1.82) is 5.26 Å². The van der Waals surface area contributed by atoms with E-state index in [9.17, 15) is 23.2 Å². The molecule has 12 heteroatoms. The molecule has 3 saturated heterocycles. The monoisotopic (exact) mass is 551 g/mol. The second-order valence-electron chi connectivity index (χ2n) is 12.0. The fourth-order valence-electron chi connectivity index (χ4n) is 6.12. The number of hydrogen-bond donors (Lipinski definition) is 1. The van der Waals surface area contributed by atoms with Crippen LogP contribution >= 0.6 is 0 Å². The Morgan fingerprint density at radius 1 is 1.26 bits per heavy atom. The molecule has 5 atom stereocenters. The van der Waals surface area contributed by atoms with E-state index in [2.05, 4.69) is 39.3 Å². The molecule has 0 aliphatic carbocycles. The molecule has 0 aromatic heterocycles. The highest BCUT2D eigenvalue weighted by molar-refractivity contribution is 6.74. The number of rotatable bonds is 5. The van der Waals surface area contributed by atoms with E-state index in [-0.39, 0.29) is 17.3 Å². The Morgan fingerprint density at radius 2 is 1.95 bits per heavy atom. The molecule has 4 aliphatic heterocycles. The number of anilines is 1. The lowest BCUT2D eigenvalue weighted by atomic mass is 9.67. The number of nitriles is 1. The van der Waals surface area contributed by atoms with Gasteiger partial charge in [-0.3, -0.25) is 20.0 Å². The number of ether oxygens (including phenoxy) is 2. The summed E-state index contributed by atoms with van der Waals surface area (Å²) in [5.74, 6) is -1.15. The van der Waals surface area contributed by atoms with E-state index in [1.54, 1.807) is 6.07 Å². The second-order valence-corrected chi connectivity index (χ2v) is 16.8. The molecular weight excluding hydrogens is 519 g/mol. The third-order valence-electron chi connectivity index (χ3n) is 8.89. The van der Waals surface area contributed by atoms with Crippen LogP contribution in [0.2, 0.25) is 18.1 Å². The van der Waals surface area contributed by atoms with Crippen LogP contribution in [0.25, 0.3) is 0 Å². The maximum atomic E-state index is 14.1. The zero-order valence-corrected chi connectivity index (χ0v) is 23.4. The molecule has 8 nitrogen and oxygen atoms in total. The van der Waals surface area contributed by atoms with Gasteiger partial charge in [-0.15, -0.1) is 0 Å². The molecule has 2 bridgehead atoms. The quantitative estimate of drug-likeness (QED) is 0.414. The summed E-state index contributed by atoms with van der Waals surface area (Å²) in [5.41, 5.74) is -0.185. The summed E-state index contributed by atoms with van der Waals surface area (Å²) in [6, 6.07) is 4.88. The molecule has 5 rings (SSSR count). The molecule has 1 aromatic rings. The standard InChI is InChI=1S/C26H32F3N3O5Si/c1-23(2,3)38(6,7)36-20-19(31-34-5)25-10-11-35-22-18(25)17(24(20,4)37-25)21(33)32(22)15-9-8-14(13-30)16(12-15)26(27,28)29/h8-9,12,17-18,22,31H,10-11H2,1-7H3/t17-,18+,22+,24+,25-/m1/s1. The lowest BCUT2D eigenvalue weighted by molar-refractivity contribution is -0.141. The fraction of sp³-hybridized carbons (Fsp3) is 0.615. The SMILES string of the molecule is CONC1=C(O[Si](C)(C)C(C)(C)C)[C@@]2(C)O[C@@]13CCO[C@H]1[C@@H]3[C@@H]2C(=O)N1c1ccc(C#N)c(C(F)(F)F)c1. The van der Waals surface area contributed by atoms with E-state index in [1.807, 2.05) is 6.92 Å². The summed E-state index contributed by atoms with van der Waals surface area (Å²) < 4.78 is 60.9. The molecule has 3 fully saturated rings. The summed E-state index contributed by atoms with van der Waals surface area (Å²) in [6.45, 7) is 12.5. The number of nitrogens with zero attached hydrogens (tertiary/aromatic N) is 2. The van der Waals surface area contributed by atoms with Gasteiger partial charge in [0.2, 0.25) is 14.2 Å². The lowest BCUT2D eigenvalue weighted by Crippen LogP contribution is -2.55. The van der Waals surface area contributed by atoms with E-state index < -0.39 is 60.8 Å². The van der Waals surface area contributed by atoms with Crippen molar-refractivity contribution in [3.05, 3.63) is 40.8 Å². The molecule has 1 N–H and O–H groups in total. The highest BCUT2D eigenvalue weighted by Gasteiger charge is 2.79. The van der Waals surface area contributed by atoms with Gasteiger partial charge in [-0.2, -0.15) is 18.4 Å². The zero-order valence-electron chi connectivity index (χ0n) is 22.4. The molecule has 1 amide bonds. The Bertz CT molecular complexity index is 1270. The Kier molecular flexibility index (Phi) is 5.83. The first-order valence-electron chi connectivity index (χ1n) is 12.5. The average Bonchev–Trinajstić information content (AvgIpc) is 3.35. The molecule has 4 aliphatic rings. The third kappa shape index (κ3) is 3.48. The van der Waals surface area contributed by atoms with Gasteiger partial charge in [-0.05, 0) is 43.3 Å². The number of alkyl halides is 3. The van der Waals surface area contributed by atoms with Crippen LogP contribution in [0.3, 0.4) is 0 Å². The minimum atomic E-state index is -4.76. The van der Waals surface area contributed by atoms with Crippen LogP contribution in [0.1, 0.15) is 45.2 Å². The Labute approximate surface area is 220 Å². The molecule has 1 spiro atoms. The van der Waals surface area contributed by atoms with Gasteiger partial charge < -0.3 is 13.9 Å². The molecule has 0 unspecified atom stereocenters. The van der Waals surface area contributed by atoms with E-state index in [0.717, 1.165) is 12.1 Å². The van der Waals surface area contributed by atoms with Gasteiger partial charge in [-0.25, -0.2) is 0 Å². The van der Waals surface area contributed by atoms with Crippen LogP contribution in [0.15, 0.2) is 29.7 Å². The summed E-state index contributed by atoms with van der Waals surface area (Å²) in [7, 11) is -0.917. The molecule has 38 heavy (non-hydrogen) atoms. The predicted octanol–water partition coefficient (Wildman–Crippen LogP) is 4.83. The number of amides is 1. The van der Waals surface area contributed by atoms with Crippen molar-refractivity contribution < 1.29 is 36.7 Å². The van der Waals surface area contributed by atoms with E-state index in [0.29, 0.717) is 17.9 Å². The molecule has 206 valence electrons. The number of halogens is 3. The number of carbonyl (C=O) groups is 1. The van der Waals surface area contributed by atoms with Crippen molar-refractivity contribution >= 4 is 19.9 Å². The molecule has 4 heterocycles. The molecule has 1 aromatic carbocycles. The second kappa shape index (κ2) is 8.21. The zero-order chi connectivity index (χ0) is 28.1. The predicted molar refractivity (Wildman–Crippen MR) is 133 cm³/mol. The van der Waals surface area contributed by atoms with Gasteiger partial charge in [0.05, 0.1) is 42.7 Å². The van der Waals surface area contributed by atoms with Crippen molar-refractivity contribution in [3.8, 4) is 6.07 Å². The van der Waals surface area contributed by atoms with Crippen LogP contribution in [0.5, 0.6) is 0 Å². The molecule has 0 saturated carbocycles. The van der Waals surface area contributed by atoms with Crippen LogP contribution in [-0.2, 0) is 29.7 Å². The fourth-order valence-corrected chi connectivity index (χ4v) is 7.24. The first-order valence-corrected chi connectivity index (χ1v) is 15.4. The van der Waals surface area contributed by atoms with Crippen molar-refractivity contribution in [2.24, 2.45) is 11.8 Å². The minimum absolute atomic E-state index is 0.0221. The van der Waals surface area contributed by atoms with Crippen LogP contribution in [-0.4, -0.2) is 45.4 Å². The lowest BCUT2D eigenvalue weighted by Gasteiger charge is -2.44. The first kappa shape index (κ1) is 27.0. The number of fused-ring (bicyclic) bond motifs is 2. The number of hydroxylamine groups is 1. The van der Waals surface area contributed by atoms with Gasteiger partial charge >= 0.3 is 6.18 Å². The smallest absolute Gasteiger partial charge is 0.417 e. The van der Waals surface area contributed by atoms with Crippen molar-refractivity contribution in [3.63, 3.8) is 0 Å². The van der Waals surface area contributed by atoms with Crippen LogP contribution < -0.4 is 10.4 Å². The first-order chi connectivity index (χ1) is 17.5. The maximum Gasteiger partial charge on any atom is 0.417 e. The van der Waals surface area contributed by atoms with Crippen molar-refractivity contribution in [1.82, 2.24) is 5.48 Å². The van der Waals surface area contributed by atoms with E-state index in [4.69, 9.17) is 18.7 Å². The van der Waals surface area contributed by atoms with Gasteiger partial charge in [0.25, 0.3) is 0 Å². The number of nitrogens with one attached hydrogen (secondary N) is 1. The summed E-state index contributed by atoms with van der Waals surface area (Å²) >= 11 is 0. The highest BCUT2D eigenvalue weighted by atomic mass is 28.4. The largest absolute Gasteiger partial charge is 0.543 e. The van der Waals surface area contributed by atoms with E-state index >= 15 is 0 Å². The minimum Gasteiger partial charge on any atom is -0.543 e. The van der Waals surface area contributed by atoms with Gasteiger partial charge in [0, 0.05) is 12.1 Å². The summed E-state index contributed by atoms with van der Waals surface area (Å²) in [4.78, 5) is 20.8. The molecule has 0 radical (unpaired) electrons. The van der Waals surface area contributed by atoms with Crippen LogP contribution in [0.4, 0.5) is 18.9 Å². The van der Waals surface area contributed by atoms with Gasteiger partial charge in [-0.1, -0.05) is 20.8 Å². The maximum absolute atomic E-state index is 14.1.